The molecule has 0 atom stereocenters. The molecule has 0 saturated heterocycles. The minimum Gasteiger partial charge on any atom is -0.507 e. The van der Waals surface area contributed by atoms with E-state index in [0.29, 0.717) is 17.3 Å². The van der Waals surface area contributed by atoms with Crippen molar-refractivity contribution in [1.82, 2.24) is 10.1 Å². The van der Waals surface area contributed by atoms with E-state index in [0.717, 1.165) is 12.8 Å². The highest BCUT2D eigenvalue weighted by molar-refractivity contribution is 5.61. The molecule has 21 heavy (non-hydrogen) atoms. The van der Waals surface area contributed by atoms with E-state index < -0.39 is 0 Å². The Morgan fingerprint density at radius 3 is 2.33 bits per heavy atom. The lowest BCUT2D eigenvalue weighted by Gasteiger charge is -2.01. The van der Waals surface area contributed by atoms with Crippen LogP contribution in [0.25, 0.3) is 11.5 Å². The lowest BCUT2D eigenvalue weighted by atomic mass is 10.1. The maximum atomic E-state index is 9.85. The molecule has 1 aliphatic carbocycles. The van der Waals surface area contributed by atoms with Gasteiger partial charge in [0.15, 0.2) is 5.82 Å². The molecule has 1 N–H and O–H groups in total. The van der Waals surface area contributed by atoms with E-state index in [2.05, 4.69) is 34.4 Å². The number of phenolic OH excluding ortho intramolecular Hbond substituents is 1. The molecule has 104 valence electrons. The number of hydrogen-bond acceptors (Lipinski definition) is 4. The molecule has 3 aromatic rings. The summed E-state index contributed by atoms with van der Waals surface area (Å²) in [6.07, 6.45) is 1.88. The monoisotopic (exact) mass is 278 g/mol. The molecular weight excluding hydrogens is 264 g/mol. The fourth-order valence-electron chi connectivity index (χ4n) is 2.91. The number of aromatic nitrogens is 2. The quantitative estimate of drug-likeness (QED) is 0.781. The van der Waals surface area contributed by atoms with Crippen molar-refractivity contribution in [3.05, 3.63) is 65.5 Å². The van der Waals surface area contributed by atoms with Crippen LogP contribution in [0.2, 0.25) is 0 Å². The molecule has 0 bridgehead atoms. The first-order valence-electron chi connectivity index (χ1n) is 7.00. The summed E-state index contributed by atoms with van der Waals surface area (Å²) in [6.45, 7) is 0. The second-order valence-corrected chi connectivity index (χ2v) is 5.35. The lowest BCUT2D eigenvalue weighted by Crippen LogP contribution is -2.00. The Balaban J connectivity index is 1.63. The van der Waals surface area contributed by atoms with Crippen LogP contribution in [-0.2, 0) is 12.8 Å². The van der Waals surface area contributed by atoms with Gasteiger partial charge in [-0.1, -0.05) is 41.6 Å². The summed E-state index contributed by atoms with van der Waals surface area (Å²) in [5.74, 6) is 1.50. The van der Waals surface area contributed by atoms with Crippen molar-refractivity contribution in [2.45, 2.75) is 18.8 Å². The maximum absolute atomic E-state index is 9.85. The molecule has 4 rings (SSSR count). The van der Waals surface area contributed by atoms with Crippen LogP contribution >= 0.6 is 0 Å². The fourth-order valence-corrected chi connectivity index (χ4v) is 2.91. The molecule has 1 aromatic heterocycles. The van der Waals surface area contributed by atoms with Crippen molar-refractivity contribution in [3.63, 3.8) is 0 Å². The zero-order valence-corrected chi connectivity index (χ0v) is 11.4. The molecule has 0 aliphatic heterocycles. The number of fused-ring (bicyclic) bond motifs is 1. The zero-order valence-electron chi connectivity index (χ0n) is 11.4. The first kappa shape index (κ1) is 12.1. The highest BCUT2D eigenvalue weighted by atomic mass is 16.5. The molecule has 0 amide bonds. The molecule has 1 aliphatic rings. The molecule has 0 unspecified atom stereocenters. The minimum absolute atomic E-state index is 0.155. The van der Waals surface area contributed by atoms with Gasteiger partial charge < -0.3 is 9.63 Å². The third-order valence-electron chi connectivity index (χ3n) is 3.99. The third kappa shape index (κ3) is 2.09. The van der Waals surface area contributed by atoms with Crippen LogP contribution in [0.5, 0.6) is 5.75 Å². The van der Waals surface area contributed by atoms with Gasteiger partial charge in [0, 0.05) is 5.92 Å². The van der Waals surface area contributed by atoms with E-state index in [4.69, 9.17) is 4.52 Å². The van der Waals surface area contributed by atoms with Crippen molar-refractivity contribution in [2.24, 2.45) is 0 Å². The van der Waals surface area contributed by atoms with Crippen molar-refractivity contribution in [1.29, 1.82) is 0 Å². The van der Waals surface area contributed by atoms with Crippen LogP contribution in [0.4, 0.5) is 0 Å². The Bertz CT molecular complexity index is 770. The van der Waals surface area contributed by atoms with Gasteiger partial charge in [0.1, 0.15) is 5.75 Å². The fraction of sp³-hybridized carbons (Fsp3) is 0.176. The SMILES string of the molecule is Oc1ccccc1-c1nc(C2Cc3ccccc3C2)no1. The Labute approximate surface area is 122 Å². The van der Waals surface area contributed by atoms with Crippen LogP contribution in [-0.4, -0.2) is 15.2 Å². The summed E-state index contributed by atoms with van der Waals surface area (Å²) in [5, 5.41) is 14.0. The summed E-state index contributed by atoms with van der Waals surface area (Å²) < 4.78 is 5.32. The zero-order chi connectivity index (χ0) is 14.2. The molecule has 2 aromatic carbocycles. The Hall–Kier alpha value is -2.62. The highest BCUT2D eigenvalue weighted by Crippen LogP contribution is 2.34. The number of nitrogens with zero attached hydrogens (tertiary/aromatic N) is 2. The first-order valence-corrected chi connectivity index (χ1v) is 7.00. The third-order valence-corrected chi connectivity index (χ3v) is 3.99. The first-order chi connectivity index (χ1) is 10.3. The summed E-state index contributed by atoms with van der Waals surface area (Å²) >= 11 is 0. The molecule has 4 nitrogen and oxygen atoms in total. The number of aromatic hydroxyl groups is 1. The molecule has 0 spiro atoms. The summed E-state index contributed by atoms with van der Waals surface area (Å²) in [5.41, 5.74) is 3.29. The van der Waals surface area contributed by atoms with E-state index in [-0.39, 0.29) is 11.7 Å². The van der Waals surface area contributed by atoms with Crippen LogP contribution in [0.3, 0.4) is 0 Å². The van der Waals surface area contributed by atoms with Crippen LogP contribution in [0.1, 0.15) is 22.9 Å². The lowest BCUT2D eigenvalue weighted by molar-refractivity contribution is 0.412. The maximum Gasteiger partial charge on any atom is 0.261 e. The van der Waals surface area contributed by atoms with Gasteiger partial charge in [-0.15, -0.1) is 0 Å². The average molecular weight is 278 g/mol. The van der Waals surface area contributed by atoms with Crippen molar-refractivity contribution in [3.8, 4) is 17.2 Å². The molecule has 4 heteroatoms. The Morgan fingerprint density at radius 1 is 0.952 bits per heavy atom. The normalized spacial score (nSPS) is 14.3. The average Bonchev–Trinajstić information content (AvgIpc) is 3.14. The Kier molecular flexibility index (Phi) is 2.74. The number of hydrogen-bond donors (Lipinski definition) is 1. The summed E-state index contributed by atoms with van der Waals surface area (Å²) in [6, 6.07) is 15.4. The van der Waals surface area contributed by atoms with Gasteiger partial charge in [0.25, 0.3) is 5.89 Å². The van der Waals surface area contributed by atoms with Gasteiger partial charge in [-0.05, 0) is 36.1 Å². The standard InChI is InChI=1S/C17H14N2O2/c20-15-8-4-3-7-14(15)17-18-16(19-21-17)13-9-11-5-1-2-6-12(11)10-13/h1-8,13,20H,9-10H2. The van der Waals surface area contributed by atoms with Crippen molar-refractivity contribution in [2.75, 3.05) is 0 Å². The van der Waals surface area contributed by atoms with Gasteiger partial charge in [0.05, 0.1) is 5.56 Å². The summed E-state index contributed by atoms with van der Waals surface area (Å²) in [4.78, 5) is 4.47. The van der Waals surface area contributed by atoms with E-state index in [1.54, 1.807) is 18.2 Å². The second kappa shape index (κ2) is 4.74. The van der Waals surface area contributed by atoms with Crippen LogP contribution in [0, 0.1) is 0 Å². The number of benzene rings is 2. The number of para-hydroxylation sites is 1. The van der Waals surface area contributed by atoms with E-state index in [9.17, 15) is 5.11 Å². The van der Waals surface area contributed by atoms with Gasteiger partial charge in [-0.2, -0.15) is 4.98 Å². The predicted molar refractivity (Wildman–Crippen MR) is 78.0 cm³/mol. The topological polar surface area (TPSA) is 59.2 Å². The molecule has 0 radical (unpaired) electrons. The van der Waals surface area contributed by atoms with Gasteiger partial charge in [-0.3, -0.25) is 0 Å². The molecule has 0 fully saturated rings. The number of rotatable bonds is 2. The summed E-state index contributed by atoms with van der Waals surface area (Å²) in [7, 11) is 0. The highest BCUT2D eigenvalue weighted by Gasteiger charge is 2.27. The Morgan fingerprint density at radius 2 is 1.62 bits per heavy atom. The van der Waals surface area contributed by atoms with Crippen molar-refractivity contribution >= 4 is 0 Å². The van der Waals surface area contributed by atoms with E-state index >= 15 is 0 Å². The molecule has 0 saturated carbocycles. The van der Waals surface area contributed by atoms with Gasteiger partial charge in [-0.25, -0.2) is 0 Å². The van der Waals surface area contributed by atoms with Gasteiger partial charge in [0.2, 0.25) is 0 Å². The van der Waals surface area contributed by atoms with Gasteiger partial charge >= 0.3 is 0 Å². The molecular formula is C17H14N2O2. The van der Waals surface area contributed by atoms with Crippen LogP contribution < -0.4 is 0 Å². The predicted octanol–water partition coefficient (Wildman–Crippen LogP) is 3.32. The minimum atomic E-state index is 0.155. The smallest absolute Gasteiger partial charge is 0.261 e. The molecule has 1 heterocycles. The second-order valence-electron chi connectivity index (χ2n) is 5.35. The number of phenols is 1. The van der Waals surface area contributed by atoms with Crippen molar-refractivity contribution < 1.29 is 9.63 Å². The van der Waals surface area contributed by atoms with Crippen LogP contribution in [0.15, 0.2) is 53.1 Å². The largest absolute Gasteiger partial charge is 0.507 e. The van der Waals surface area contributed by atoms with E-state index in [1.807, 2.05) is 6.07 Å². The van der Waals surface area contributed by atoms with E-state index in [1.165, 1.54) is 11.1 Å².